The third-order valence-electron chi connectivity index (χ3n) is 3.93. The smallest absolute Gasteiger partial charge is 0.236 e. The maximum atomic E-state index is 9.50. The number of nitrogens with one attached hydrogen (secondary N) is 1. The van der Waals surface area contributed by atoms with Gasteiger partial charge in [-0.15, -0.1) is 0 Å². The van der Waals surface area contributed by atoms with Gasteiger partial charge in [-0.2, -0.15) is 15.0 Å². The minimum atomic E-state index is -0.0349. The van der Waals surface area contributed by atoms with Gasteiger partial charge in [-0.1, -0.05) is 18.2 Å². The summed E-state index contributed by atoms with van der Waals surface area (Å²) in [5.41, 5.74) is 0.883. The molecule has 3 N–H and O–H groups in total. The van der Waals surface area contributed by atoms with E-state index in [1.807, 2.05) is 40.1 Å². The standard InChI is InChI=1S/C17H24N6O3/c24-10-6-18-15-19-16(22-8-12-26-13-9-22)21-17(20-15)23(7-11-25)14-4-2-1-3-5-14/h1-5,24-25H,6-13H2,(H,18,19,20,21). The molecule has 26 heavy (non-hydrogen) atoms. The predicted molar refractivity (Wildman–Crippen MR) is 99.0 cm³/mol. The third kappa shape index (κ3) is 4.57. The predicted octanol–water partition coefficient (Wildman–Crippen LogP) is 0.243. The average molecular weight is 360 g/mol. The van der Waals surface area contributed by atoms with Gasteiger partial charge < -0.3 is 30.1 Å². The van der Waals surface area contributed by atoms with E-state index in [1.54, 1.807) is 0 Å². The zero-order chi connectivity index (χ0) is 18.2. The molecule has 0 aliphatic carbocycles. The number of benzene rings is 1. The van der Waals surface area contributed by atoms with E-state index in [0.29, 0.717) is 57.2 Å². The molecule has 0 amide bonds. The molecule has 2 heterocycles. The SMILES string of the molecule is OCCNc1nc(N2CCOCC2)nc(N(CCO)c2ccccc2)n1. The Hall–Kier alpha value is -2.49. The summed E-state index contributed by atoms with van der Waals surface area (Å²) >= 11 is 0. The minimum Gasteiger partial charge on any atom is -0.395 e. The summed E-state index contributed by atoms with van der Waals surface area (Å²) in [5.74, 6) is 1.39. The Morgan fingerprint density at radius 3 is 2.50 bits per heavy atom. The van der Waals surface area contributed by atoms with Gasteiger partial charge in [0, 0.05) is 31.9 Å². The monoisotopic (exact) mass is 360 g/mol. The number of aromatic nitrogens is 3. The summed E-state index contributed by atoms with van der Waals surface area (Å²) in [6.07, 6.45) is 0. The van der Waals surface area contributed by atoms with Crippen molar-refractivity contribution in [1.82, 2.24) is 15.0 Å². The number of aliphatic hydroxyl groups excluding tert-OH is 2. The number of aliphatic hydroxyl groups is 2. The molecule has 1 aromatic carbocycles. The first-order valence-corrected chi connectivity index (χ1v) is 8.69. The molecule has 1 aromatic heterocycles. The highest BCUT2D eigenvalue weighted by Gasteiger charge is 2.20. The maximum Gasteiger partial charge on any atom is 0.236 e. The van der Waals surface area contributed by atoms with E-state index in [0.717, 1.165) is 5.69 Å². The summed E-state index contributed by atoms with van der Waals surface area (Å²) in [7, 11) is 0. The fourth-order valence-electron chi connectivity index (χ4n) is 2.68. The number of nitrogens with zero attached hydrogens (tertiary/aromatic N) is 5. The lowest BCUT2D eigenvalue weighted by Gasteiger charge is -2.28. The third-order valence-corrected chi connectivity index (χ3v) is 3.93. The second kappa shape index (κ2) is 9.27. The molecule has 0 radical (unpaired) electrons. The molecule has 0 atom stereocenters. The summed E-state index contributed by atoms with van der Waals surface area (Å²) in [6, 6.07) is 9.66. The van der Waals surface area contributed by atoms with Crippen LogP contribution >= 0.6 is 0 Å². The molecule has 0 unspecified atom stereocenters. The van der Waals surface area contributed by atoms with Crippen LogP contribution in [0.1, 0.15) is 0 Å². The highest BCUT2D eigenvalue weighted by molar-refractivity contribution is 5.59. The van der Waals surface area contributed by atoms with Crippen LogP contribution in [0.15, 0.2) is 30.3 Å². The molecule has 1 fully saturated rings. The Kier molecular flexibility index (Phi) is 6.53. The topological polar surface area (TPSA) is 107 Å². The van der Waals surface area contributed by atoms with Crippen molar-refractivity contribution in [3.05, 3.63) is 30.3 Å². The van der Waals surface area contributed by atoms with Crippen LogP contribution in [0.25, 0.3) is 0 Å². The van der Waals surface area contributed by atoms with Crippen LogP contribution in [-0.4, -0.2) is 77.8 Å². The summed E-state index contributed by atoms with van der Waals surface area (Å²) in [6.45, 7) is 3.30. The normalized spacial score (nSPS) is 14.3. The quantitative estimate of drug-likeness (QED) is 0.610. The van der Waals surface area contributed by atoms with Crippen molar-refractivity contribution >= 4 is 23.5 Å². The number of rotatable bonds is 8. The van der Waals surface area contributed by atoms with Crippen LogP contribution in [0.5, 0.6) is 0 Å². The maximum absolute atomic E-state index is 9.50. The molecule has 0 spiro atoms. The summed E-state index contributed by atoms with van der Waals surface area (Å²) in [4.78, 5) is 17.4. The van der Waals surface area contributed by atoms with E-state index in [-0.39, 0.29) is 13.2 Å². The molecule has 2 aromatic rings. The Morgan fingerprint density at radius 2 is 1.81 bits per heavy atom. The first-order valence-electron chi connectivity index (χ1n) is 8.69. The molecular weight excluding hydrogens is 336 g/mol. The van der Waals surface area contributed by atoms with E-state index in [2.05, 4.69) is 20.3 Å². The van der Waals surface area contributed by atoms with Crippen molar-refractivity contribution in [1.29, 1.82) is 0 Å². The number of hydrogen-bond donors (Lipinski definition) is 3. The van der Waals surface area contributed by atoms with Crippen molar-refractivity contribution in [3.63, 3.8) is 0 Å². The lowest BCUT2D eigenvalue weighted by molar-refractivity contribution is 0.122. The Labute approximate surface area is 152 Å². The van der Waals surface area contributed by atoms with Crippen molar-refractivity contribution < 1.29 is 14.9 Å². The molecule has 9 heteroatoms. The molecule has 140 valence electrons. The molecule has 9 nitrogen and oxygen atoms in total. The lowest BCUT2D eigenvalue weighted by atomic mass is 10.3. The molecule has 3 rings (SSSR count). The van der Waals surface area contributed by atoms with Gasteiger partial charge in [-0.25, -0.2) is 0 Å². The van der Waals surface area contributed by atoms with Gasteiger partial charge in [0.15, 0.2) is 0 Å². The Balaban J connectivity index is 1.96. The molecule has 0 bridgehead atoms. The van der Waals surface area contributed by atoms with Gasteiger partial charge in [0.1, 0.15) is 0 Å². The molecule has 1 aliphatic heterocycles. The first-order chi connectivity index (χ1) is 12.8. The number of hydrogen-bond acceptors (Lipinski definition) is 9. The number of ether oxygens (including phenoxy) is 1. The second-order valence-electron chi connectivity index (χ2n) is 5.72. The molecule has 1 saturated heterocycles. The lowest BCUT2D eigenvalue weighted by Crippen LogP contribution is -2.38. The largest absolute Gasteiger partial charge is 0.395 e. The van der Waals surface area contributed by atoms with Crippen molar-refractivity contribution in [2.75, 3.05) is 67.7 Å². The van der Waals surface area contributed by atoms with E-state index in [4.69, 9.17) is 9.84 Å². The van der Waals surface area contributed by atoms with Crippen LogP contribution in [0, 0.1) is 0 Å². The zero-order valence-corrected chi connectivity index (χ0v) is 14.6. The van der Waals surface area contributed by atoms with Crippen LogP contribution in [0.2, 0.25) is 0 Å². The Morgan fingerprint density at radius 1 is 1.04 bits per heavy atom. The van der Waals surface area contributed by atoms with Gasteiger partial charge in [0.05, 0.1) is 26.4 Å². The first kappa shape index (κ1) is 18.3. The van der Waals surface area contributed by atoms with Crippen molar-refractivity contribution in [2.45, 2.75) is 0 Å². The van der Waals surface area contributed by atoms with Crippen LogP contribution in [0.4, 0.5) is 23.5 Å². The average Bonchev–Trinajstić information content (AvgIpc) is 2.71. The van der Waals surface area contributed by atoms with Gasteiger partial charge >= 0.3 is 0 Å². The number of anilines is 4. The van der Waals surface area contributed by atoms with Gasteiger partial charge in [0.2, 0.25) is 17.8 Å². The van der Waals surface area contributed by atoms with Crippen LogP contribution < -0.4 is 15.1 Å². The Bertz CT molecular complexity index is 681. The van der Waals surface area contributed by atoms with E-state index < -0.39 is 0 Å². The number of para-hydroxylation sites is 1. The number of morpholine rings is 1. The summed E-state index contributed by atoms with van der Waals surface area (Å²) < 4.78 is 5.40. The molecule has 0 saturated carbocycles. The fourth-order valence-corrected chi connectivity index (χ4v) is 2.68. The fraction of sp³-hybridized carbons (Fsp3) is 0.471. The molecular formula is C17H24N6O3. The van der Waals surface area contributed by atoms with Gasteiger partial charge in [0.25, 0.3) is 0 Å². The molecule has 1 aliphatic rings. The van der Waals surface area contributed by atoms with E-state index in [1.165, 1.54) is 0 Å². The minimum absolute atomic E-state index is 0.0209. The summed E-state index contributed by atoms with van der Waals surface area (Å²) in [5, 5.41) is 21.6. The zero-order valence-electron chi connectivity index (χ0n) is 14.6. The second-order valence-corrected chi connectivity index (χ2v) is 5.72. The van der Waals surface area contributed by atoms with E-state index in [9.17, 15) is 5.11 Å². The van der Waals surface area contributed by atoms with E-state index >= 15 is 0 Å². The van der Waals surface area contributed by atoms with Gasteiger partial charge in [-0.05, 0) is 12.1 Å². The van der Waals surface area contributed by atoms with Crippen LogP contribution in [-0.2, 0) is 4.74 Å². The van der Waals surface area contributed by atoms with Crippen molar-refractivity contribution in [3.8, 4) is 0 Å². The highest BCUT2D eigenvalue weighted by Crippen LogP contribution is 2.24. The van der Waals surface area contributed by atoms with Gasteiger partial charge in [-0.3, -0.25) is 0 Å². The highest BCUT2D eigenvalue weighted by atomic mass is 16.5. The van der Waals surface area contributed by atoms with Crippen LogP contribution in [0.3, 0.4) is 0 Å². The van der Waals surface area contributed by atoms with Crippen molar-refractivity contribution in [2.24, 2.45) is 0 Å².